The summed E-state index contributed by atoms with van der Waals surface area (Å²) in [6.45, 7) is 2.35. The minimum absolute atomic E-state index is 0.238. The first-order chi connectivity index (χ1) is 9.56. The minimum Gasteiger partial charge on any atom is -0.493 e. The number of carbonyl (C=O) groups is 1. The molecule has 1 aromatic rings. The molecule has 1 aromatic carbocycles. The number of nitrogens with one attached hydrogen (secondary N) is 2. The fraction of sp³-hybridized carbons (Fsp3) is 0.500. The highest BCUT2D eigenvalue weighted by molar-refractivity contribution is 5.73. The molecule has 0 saturated carbocycles. The van der Waals surface area contributed by atoms with E-state index >= 15 is 0 Å². The third-order valence-electron chi connectivity index (χ3n) is 2.71. The van der Waals surface area contributed by atoms with Crippen LogP contribution >= 0.6 is 0 Å². The molecule has 0 spiro atoms. The topological polar surface area (TPSA) is 79.8 Å². The molecule has 0 aromatic heterocycles. The summed E-state index contributed by atoms with van der Waals surface area (Å²) < 4.78 is 10.4. The molecule has 20 heavy (non-hydrogen) atoms. The van der Waals surface area contributed by atoms with Crippen LogP contribution < -0.4 is 20.1 Å². The van der Waals surface area contributed by atoms with Crippen molar-refractivity contribution in [1.82, 2.24) is 10.6 Å². The van der Waals surface area contributed by atoms with Crippen molar-refractivity contribution in [3.8, 4) is 11.5 Å². The summed E-state index contributed by atoms with van der Waals surface area (Å²) in [6, 6.07) is 5.36. The molecule has 1 rings (SSSR count). The smallest absolute Gasteiger partial charge is 0.314 e. The van der Waals surface area contributed by atoms with Gasteiger partial charge in [-0.1, -0.05) is 6.07 Å². The lowest BCUT2D eigenvalue weighted by molar-refractivity contribution is 0.187. The molecule has 0 heterocycles. The number of hydrogen-bond acceptors (Lipinski definition) is 4. The first-order valence-corrected chi connectivity index (χ1v) is 6.47. The normalized spacial score (nSPS) is 11.6. The summed E-state index contributed by atoms with van der Waals surface area (Å²) in [7, 11) is 3.18. The Hall–Kier alpha value is -1.95. The summed E-state index contributed by atoms with van der Waals surface area (Å²) in [5.41, 5.74) is 1.04. The van der Waals surface area contributed by atoms with E-state index in [-0.39, 0.29) is 12.6 Å². The minimum atomic E-state index is -0.549. The highest BCUT2D eigenvalue weighted by atomic mass is 16.5. The van der Waals surface area contributed by atoms with Crippen molar-refractivity contribution in [2.24, 2.45) is 0 Å². The second-order valence-corrected chi connectivity index (χ2v) is 4.43. The van der Waals surface area contributed by atoms with E-state index in [1.165, 1.54) is 0 Å². The van der Waals surface area contributed by atoms with E-state index < -0.39 is 6.10 Å². The van der Waals surface area contributed by atoms with Crippen molar-refractivity contribution in [3.63, 3.8) is 0 Å². The van der Waals surface area contributed by atoms with Gasteiger partial charge in [0.1, 0.15) is 0 Å². The van der Waals surface area contributed by atoms with Crippen molar-refractivity contribution in [2.45, 2.75) is 19.4 Å². The standard InChI is InChI=1S/C14H22N2O4/c1-10(17)9-16-14(18)15-7-6-11-4-5-12(19-2)13(8-11)20-3/h4-5,8,10,17H,6-7,9H2,1-3H3,(H2,15,16,18). The van der Waals surface area contributed by atoms with Crippen LogP contribution in [0.1, 0.15) is 12.5 Å². The lowest BCUT2D eigenvalue weighted by Gasteiger charge is -2.11. The van der Waals surface area contributed by atoms with Gasteiger partial charge in [0.15, 0.2) is 11.5 Å². The van der Waals surface area contributed by atoms with Gasteiger partial charge < -0.3 is 25.2 Å². The Morgan fingerprint density at radius 2 is 1.95 bits per heavy atom. The molecule has 0 fully saturated rings. The van der Waals surface area contributed by atoms with Gasteiger partial charge in [0.25, 0.3) is 0 Å². The monoisotopic (exact) mass is 282 g/mol. The van der Waals surface area contributed by atoms with Crippen molar-refractivity contribution in [3.05, 3.63) is 23.8 Å². The highest BCUT2D eigenvalue weighted by Crippen LogP contribution is 2.27. The second kappa shape index (κ2) is 8.27. The Balaban J connectivity index is 2.40. The fourth-order valence-electron chi connectivity index (χ4n) is 1.66. The highest BCUT2D eigenvalue weighted by Gasteiger charge is 2.05. The lowest BCUT2D eigenvalue weighted by Crippen LogP contribution is -2.39. The largest absolute Gasteiger partial charge is 0.493 e. The fourth-order valence-corrected chi connectivity index (χ4v) is 1.66. The lowest BCUT2D eigenvalue weighted by atomic mass is 10.1. The quantitative estimate of drug-likeness (QED) is 0.695. The molecule has 0 aliphatic carbocycles. The van der Waals surface area contributed by atoms with Crippen LogP contribution in [0.2, 0.25) is 0 Å². The Labute approximate surface area is 119 Å². The van der Waals surface area contributed by atoms with Gasteiger partial charge in [-0.3, -0.25) is 0 Å². The van der Waals surface area contributed by atoms with Gasteiger partial charge >= 0.3 is 6.03 Å². The van der Waals surface area contributed by atoms with E-state index in [0.717, 1.165) is 5.56 Å². The summed E-state index contributed by atoms with van der Waals surface area (Å²) in [4.78, 5) is 11.4. The molecule has 1 atom stereocenters. The zero-order valence-corrected chi connectivity index (χ0v) is 12.1. The van der Waals surface area contributed by atoms with Gasteiger partial charge in [-0.15, -0.1) is 0 Å². The number of amides is 2. The Morgan fingerprint density at radius 1 is 1.25 bits per heavy atom. The number of rotatable bonds is 7. The average molecular weight is 282 g/mol. The van der Waals surface area contributed by atoms with E-state index in [4.69, 9.17) is 14.6 Å². The molecular formula is C14H22N2O4. The van der Waals surface area contributed by atoms with Crippen molar-refractivity contribution in [1.29, 1.82) is 0 Å². The summed E-state index contributed by atoms with van der Waals surface area (Å²) in [5, 5.41) is 14.3. The maximum absolute atomic E-state index is 11.4. The van der Waals surface area contributed by atoms with Crippen LogP contribution in [0, 0.1) is 0 Å². The predicted octanol–water partition coefficient (Wildman–Crippen LogP) is 0.926. The van der Waals surface area contributed by atoms with Crippen LogP contribution in [0.15, 0.2) is 18.2 Å². The molecule has 2 amide bonds. The van der Waals surface area contributed by atoms with E-state index in [1.807, 2.05) is 18.2 Å². The van der Waals surface area contributed by atoms with Crippen LogP contribution in [-0.2, 0) is 6.42 Å². The first kappa shape index (κ1) is 16.1. The molecule has 112 valence electrons. The zero-order chi connectivity index (χ0) is 15.0. The number of benzene rings is 1. The number of ether oxygens (including phenoxy) is 2. The van der Waals surface area contributed by atoms with E-state index in [9.17, 15) is 4.79 Å². The zero-order valence-electron chi connectivity index (χ0n) is 12.1. The third-order valence-corrected chi connectivity index (χ3v) is 2.71. The average Bonchev–Trinajstić information content (AvgIpc) is 2.44. The Bertz CT molecular complexity index is 435. The van der Waals surface area contributed by atoms with Crippen LogP contribution in [0.25, 0.3) is 0 Å². The summed E-state index contributed by atoms with van der Waals surface area (Å²) >= 11 is 0. The van der Waals surface area contributed by atoms with Gasteiger partial charge in [-0.25, -0.2) is 4.79 Å². The molecule has 0 aliphatic rings. The predicted molar refractivity (Wildman–Crippen MR) is 76.3 cm³/mol. The number of carbonyl (C=O) groups excluding carboxylic acids is 1. The number of hydrogen-bond donors (Lipinski definition) is 3. The molecule has 0 saturated heterocycles. The molecule has 3 N–H and O–H groups in total. The number of urea groups is 1. The molecule has 6 heteroatoms. The van der Waals surface area contributed by atoms with Crippen molar-refractivity contribution < 1.29 is 19.4 Å². The van der Waals surface area contributed by atoms with Crippen molar-refractivity contribution in [2.75, 3.05) is 27.3 Å². The molecular weight excluding hydrogens is 260 g/mol. The summed E-state index contributed by atoms with van der Waals surface area (Å²) in [5.74, 6) is 1.35. The van der Waals surface area contributed by atoms with Gasteiger partial charge in [-0.05, 0) is 31.0 Å². The van der Waals surface area contributed by atoms with Crippen LogP contribution in [0.5, 0.6) is 11.5 Å². The summed E-state index contributed by atoms with van der Waals surface area (Å²) in [6.07, 6.45) is 0.134. The SMILES string of the molecule is COc1ccc(CCNC(=O)NCC(C)O)cc1OC. The Morgan fingerprint density at radius 3 is 2.55 bits per heavy atom. The molecule has 0 radical (unpaired) electrons. The number of aliphatic hydroxyl groups is 1. The number of aliphatic hydroxyl groups excluding tert-OH is 1. The van der Waals surface area contributed by atoms with E-state index in [0.29, 0.717) is 24.5 Å². The third kappa shape index (κ3) is 5.36. The van der Waals surface area contributed by atoms with Crippen LogP contribution in [-0.4, -0.2) is 44.6 Å². The number of methoxy groups -OCH3 is 2. The maximum Gasteiger partial charge on any atom is 0.314 e. The Kier molecular flexibility index (Phi) is 6.66. The molecule has 0 bridgehead atoms. The maximum atomic E-state index is 11.4. The van der Waals surface area contributed by atoms with Gasteiger partial charge in [0, 0.05) is 13.1 Å². The van der Waals surface area contributed by atoms with E-state index in [2.05, 4.69) is 10.6 Å². The van der Waals surface area contributed by atoms with Crippen LogP contribution in [0.3, 0.4) is 0 Å². The van der Waals surface area contributed by atoms with Crippen LogP contribution in [0.4, 0.5) is 4.79 Å². The van der Waals surface area contributed by atoms with E-state index in [1.54, 1.807) is 21.1 Å². The second-order valence-electron chi connectivity index (χ2n) is 4.43. The first-order valence-electron chi connectivity index (χ1n) is 6.47. The molecule has 6 nitrogen and oxygen atoms in total. The van der Waals surface area contributed by atoms with Gasteiger partial charge in [0.05, 0.1) is 20.3 Å². The van der Waals surface area contributed by atoms with Gasteiger partial charge in [0.2, 0.25) is 0 Å². The molecule has 0 aliphatic heterocycles. The van der Waals surface area contributed by atoms with Gasteiger partial charge in [-0.2, -0.15) is 0 Å². The van der Waals surface area contributed by atoms with Crippen molar-refractivity contribution >= 4 is 6.03 Å². The molecule has 1 unspecified atom stereocenters.